The van der Waals surface area contributed by atoms with Crippen LogP contribution in [0.15, 0.2) is 0 Å². The molecule has 0 bridgehead atoms. The largest absolute Gasteiger partial charge is 0.396 e. The van der Waals surface area contributed by atoms with Gasteiger partial charge in [-0.1, -0.05) is 0 Å². The van der Waals surface area contributed by atoms with Crippen LogP contribution in [0.1, 0.15) is 39.5 Å². The summed E-state index contributed by atoms with van der Waals surface area (Å²) >= 11 is 0. The molecule has 1 spiro atoms. The highest BCUT2D eigenvalue weighted by Crippen LogP contribution is 2.35. The first kappa shape index (κ1) is 14.3. The second-order valence-corrected chi connectivity index (χ2v) is 5.89. The predicted molar refractivity (Wildman–Crippen MR) is 70.7 cm³/mol. The molecule has 2 saturated heterocycles. The first-order valence-electron chi connectivity index (χ1n) is 7.25. The van der Waals surface area contributed by atoms with Crippen LogP contribution in [-0.4, -0.2) is 60.7 Å². The Morgan fingerprint density at radius 2 is 2.22 bits per heavy atom. The monoisotopic (exact) mass is 257 g/mol. The van der Waals surface area contributed by atoms with Gasteiger partial charge >= 0.3 is 0 Å². The van der Waals surface area contributed by atoms with Gasteiger partial charge in [0.15, 0.2) is 0 Å². The molecule has 4 heteroatoms. The zero-order valence-corrected chi connectivity index (χ0v) is 11.7. The van der Waals surface area contributed by atoms with E-state index in [9.17, 15) is 0 Å². The summed E-state index contributed by atoms with van der Waals surface area (Å²) in [4.78, 5) is 2.53. The molecule has 2 unspecified atom stereocenters. The minimum Gasteiger partial charge on any atom is -0.396 e. The van der Waals surface area contributed by atoms with Crippen molar-refractivity contribution in [2.24, 2.45) is 0 Å². The lowest BCUT2D eigenvalue weighted by Crippen LogP contribution is -2.51. The Morgan fingerprint density at radius 1 is 1.39 bits per heavy atom. The molecule has 2 rings (SSSR count). The van der Waals surface area contributed by atoms with Crippen LogP contribution in [0.3, 0.4) is 0 Å². The number of ether oxygens (including phenoxy) is 2. The van der Waals surface area contributed by atoms with Crippen LogP contribution in [-0.2, 0) is 9.47 Å². The molecule has 0 aliphatic carbocycles. The van der Waals surface area contributed by atoms with Gasteiger partial charge in [-0.15, -0.1) is 0 Å². The topological polar surface area (TPSA) is 41.9 Å². The van der Waals surface area contributed by atoms with E-state index in [2.05, 4.69) is 18.7 Å². The average Bonchev–Trinajstić information content (AvgIpc) is 2.77. The molecule has 0 amide bonds. The van der Waals surface area contributed by atoms with Gasteiger partial charge in [0.1, 0.15) is 0 Å². The highest BCUT2D eigenvalue weighted by Gasteiger charge is 2.42. The van der Waals surface area contributed by atoms with E-state index >= 15 is 0 Å². The normalized spacial score (nSPS) is 32.8. The lowest BCUT2D eigenvalue weighted by atomic mass is 9.88. The molecule has 2 fully saturated rings. The minimum atomic E-state index is -0.0186. The number of aliphatic hydroxyl groups is 1. The maximum absolute atomic E-state index is 9.03. The van der Waals surface area contributed by atoms with Crippen LogP contribution >= 0.6 is 0 Å². The maximum Gasteiger partial charge on any atom is 0.0951 e. The number of rotatable bonds is 5. The fourth-order valence-corrected chi connectivity index (χ4v) is 3.26. The molecule has 1 N–H and O–H groups in total. The van der Waals surface area contributed by atoms with Crippen LogP contribution in [0.2, 0.25) is 0 Å². The summed E-state index contributed by atoms with van der Waals surface area (Å²) in [6.45, 7) is 8.18. The highest BCUT2D eigenvalue weighted by atomic mass is 16.6. The van der Waals surface area contributed by atoms with E-state index in [0.717, 1.165) is 52.0 Å². The molecule has 2 aliphatic rings. The van der Waals surface area contributed by atoms with E-state index in [1.165, 1.54) is 0 Å². The third kappa shape index (κ3) is 3.23. The van der Waals surface area contributed by atoms with Crippen LogP contribution < -0.4 is 0 Å². The quantitative estimate of drug-likeness (QED) is 0.809. The van der Waals surface area contributed by atoms with Crippen molar-refractivity contribution in [3.63, 3.8) is 0 Å². The Balaban J connectivity index is 1.96. The lowest BCUT2D eigenvalue weighted by molar-refractivity contribution is -0.110. The van der Waals surface area contributed by atoms with E-state index in [4.69, 9.17) is 14.6 Å². The summed E-state index contributed by atoms with van der Waals surface area (Å²) in [6.07, 6.45) is 4.08. The highest BCUT2D eigenvalue weighted by molar-refractivity contribution is 4.94. The Hall–Kier alpha value is -0.160. The molecular weight excluding hydrogens is 230 g/mol. The molecule has 106 valence electrons. The SMILES string of the molecule is CC(C)N(CCCO)C1CCOC2(CCOC2)C1. The van der Waals surface area contributed by atoms with Gasteiger partial charge in [-0.05, 0) is 33.1 Å². The van der Waals surface area contributed by atoms with Gasteiger partial charge in [0, 0.05) is 44.9 Å². The van der Waals surface area contributed by atoms with E-state index in [1.807, 2.05) is 0 Å². The Bertz CT molecular complexity index is 251. The van der Waals surface area contributed by atoms with Crippen molar-refractivity contribution in [1.82, 2.24) is 4.90 Å². The first-order valence-corrected chi connectivity index (χ1v) is 7.25. The van der Waals surface area contributed by atoms with Crippen molar-refractivity contribution in [3.8, 4) is 0 Å². The molecule has 2 atom stereocenters. The van der Waals surface area contributed by atoms with Crippen LogP contribution in [0.5, 0.6) is 0 Å². The van der Waals surface area contributed by atoms with E-state index < -0.39 is 0 Å². The van der Waals surface area contributed by atoms with E-state index in [1.54, 1.807) is 0 Å². The van der Waals surface area contributed by atoms with Gasteiger partial charge in [0.2, 0.25) is 0 Å². The molecule has 18 heavy (non-hydrogen) atoms. The smallest absolute Gasteiger partial charge is 0.0951 e. The van der Waals surface area contributed by atoms with Gasteiger partial charge in [0.25, 0.3) is 0 Å². The standard InChI is InChI=1S/C14H27NO3/c1-12(2)15(6-3-7-16)13-4-8-18-14(10-13)5-9-17-11-14/h12-13,16H,3-11H2,1-2H3. The summed E-state index contributed by atoms with van der Waals surface area (Å²) < 4.78 is 11.5. The molecule has 2 heterocycles. The van der Waals surface area contributed by atoms with Gasteiger partial charge in [-0.2, -0.15) is 0 Å². The molecule has 0 saturated carbocycles. The van der Waals surface area contributed by atoms with Crippen molar-refractivity contribution in [2.45, 2.75) is 57.2 Å². The van der Waals surface area contributed by atoms with Crippen LogP contribution in [0.25, 0.3) is 0 Å². The number of aliphatic hydroxyl groups excluding tert-OH is 1. The average molecular weight is 257 g/mol. The molecule has 4 nitrogen and oxygen atoms in total. The third-order valence-corrected chi connectivity index (χ3v) is 4.24. The molecule has 0 aromatic rings. The van der Waals surface area contributed by atoms with Gasteiger partial charge < -0.3 is 14.6 Å². The fourth-order valence-electron chi connectivity index (χ4n) is 3.26. The Kier molecular flexibility index (Phi) is 5.01. The van der Waals surface area contributed by atoms with Gasteiger partial charge in [-0.3, -0.25) is 4.90 Å². The zero-order valence-electron chi connectivity index (χ0n) is 11.7. The fraction of sp³-hybridized carbons (Fsp3) is 1.00. The van der Waals surface area contributed by atoms with E-state index in [-0.39, 0.29) is 12.2 Å². The zero-order chi connectivity index (χ0) is 13.0. The van der Waals surface area contributed by atoms with E-state index in [0.29, 0.717) is 12.1 Å². The molecule has 0 aromatic carbocycles. The summed E-state index contributed by atoms with van der Waals surface area (Å²) in [5, 5.41) is 9.03. The molecular formula is C14H27NO3. The van der Waals surface area contributed by atoms with Crippen molar-refractivity contribution >= 4 is 0 Å². The first-order chi connectivity index (χ1) is 8.67. The number of nitrogens with zero attached hydrogens (tertiary/aromatic N) is 1. The predicted octanol–water partition coefficient (Wildman–Crippen LogP) is 1.42. The summed E-state index contributed by atoms with van der Waals surface area (Å²) in [5.41, 5.74) is -0.0186. The number of hydrogen-bond acceptors (Lipinski definition) is 4. The minimum absolute atomic E-state index is 0.0186. The van der Waals surface area contributed by atoms with Gasteiger partial charge in [0.05, 0.1) is 12.2 Å². The Labute approximate surface area is 110 Å². The van der Waals surface area contributed by atoms with Crippen molar-refractivity contribution in [2.75, 3.05) is 33.0 Å². The maximum atomic E-state index is 9.03. The second-order valence-electron chi connectivity index (χ2n) is 5.89. The van der Waals surface area contributed by atoms with Crippen molar-refractivity contribution < 1.29 is 14.6 Å². The lowest BCUT2D eigenvalue weighted by Gasteiger charge is -2.43. The van der Waals surface area contributed by atoms with Crippen LogP contribution in [0, 0.1) is 0 Å². The molecule has 2 aliphatic heterocycles. The van der Waals surface area contributed by atoms with Crippen molar-refractivity contribution in [1.29, 1.82) is 0 Å². The van der Waals surface area contributed by atoms with Gasteiger partial charge in [-0.25, -0.2) is 0 Å². The Morgan fingerprint density at radius 3 is 2.83 bits per heavy atom. The van der Waals surface area contributed by atoms with Crippen molar-refractivity contribution in [3.05, 3.63) is 0 Å². The van der Waals surface area contributed by atoms with Crippen LogP contribution in [0.4, 0.5) is 0 Å². The summed E-state index contributed by atoms with van der Waals surface area (Å²) in [5.74, 6) is 0. The summed E-state index contributed by atoms with van der Waals surface area (Å²) in [6, 6.07) is 1.10. The third-order valence-electron chi connectivity index (χ3n) is 4.24. The second kappa shape index (κ2) is 6.33. The summed E-state index contributed by atoms with van der Waals surface area (Å²) in [7, 11) is 0. The molecule has 0 aromatic heterocycles. The number of hydrogen-bond donors (Lipinski definition) is 1. The molecule has 0 radical (unpaired) electrons.